The lowest BCUT2D eigenvalue weighted by atomic mass is 9.78. The first-order chi connectivity index (χ1) is 31.6. The van der Waals surface area contributed by atoms with Gasteiger partial charge in [-0.05, 0) is 151 Å². The molecule has 0 aromatic heterocycles. The van der Waals surface area contributed by atoms with Crippen LogP contribution in [0.25, 0.3) is 44.5 Å². The zero-order valence-electron chi connectivity index (χ0n) is 46.1. The van der Waals surface area contributed by atoms with Gasteiger partial charge in [0.2, 0.25) is 0 Å². The lowest BCUT2D eigenvalue weighted by molar-refractivity contribution is 0.248. The molecule has 0 amide bonds. The molecule has 0 atom stereocenters. The van der Waals surface area contributed by atoms with Crippen LogP contribution >= 0.6 is 0 Å². The highest BCUT2D eigenvalue weighted by Crippen LogP contribution is 2.48. The zero-order chi connectivity index (χ0) is 51.4. The van der Waals surface area contributed by atoms with E-state index in [1.165, 1.54) is 22.3 Å². The summed E-state index contributed by atoms with van der Waals surface area (Å²) in [6, 6.07) is 34.7. The summed E-state index contributed by atoms with van der Waals surface area (Å²) in [5.74, 6) is 1.92. The molecule has 0 saturated heterocycles. The van der Waals surface area contributed by atoms with Gasteiger partial charge in [0.05, 0.1) is 13.2 Å². The second kappa shape index (κ2) is 19.0. The van der Waals surface area contributed by atoms with Gasteiger partial charge < -0.3 is 19.7 Å². The maximum Gasteiger partial charge on any atom is 0.131 e. The monoisotopic (exact) mass is 929 g/mol. The number of ether oxygens (including phenoxy) is 2. The number of phenolic OH excluding ortho intramolecular Hbond substituents is 2. The van der Waals surface area contributed by atoms with Gasteiger partial charge in [0, 0.05) is 39.8 Å². The second-order valence-electron chi connectivity index (χ2n) is 26.0. The van der Waals surface area contributed by atoms with Gasteiger partial charge in [0.1, 0.15) is 23.0 Å². The van der Waals surface area contributed by atoms with E-state index in [4.69, 9.17) is 9.47 Å². The molecule has 0 bridgehead atoms. The van der Waals surface area contributed by atoms with Crippen molar-refractivity contribution in [3.63, 3.8) is 0 Å². The van der Waals surface area contributed by atoms with Crippen LogP contribution in [-0.4, -0.2) is 23.4 Å². The van der Waals surface area contributed by atoms with Crippen molar-refractivity contribution in [3.8, 4) is 67.5 Å². The molecule has 4 heteroatoms. The van der Waals surface area contributed by atoms with Crippen molar-refractivity contribution >= 4 is 0 Å². The lowest BCUT2D eigenvalue weighted by Crippen LogP contribution is -2.16. The Morgan fingerprint density at radius 1 is 0.319 bits per heavy atom. The lowest BCUT2D eigenvalue weighted by Gasteiger charge is -2.27. The first-order valence-electron chi connectivity index (χ1n) is 25.2. The van der Waals surface area contributed by atoms with Crippen LogP contribution in [0.1, 0.15) is 176 Å². The van der Waals surface area contributed by atoms with Crippen molar-refractivity contribution in [1.82, 2.24) is 0 Å². The van der Waals surface area contributed by atoms with Crippen molar-refractivity contribution in [2.75, 3.05) is 13.2 Å². The van der Waals surface area contributed by atoms with Crippen molar-refractivity contribution in [2.24, 2.45) is 0 Å². The van der Waals surface area contributed by atoms with Crippen LogP contribution in [0.3, 0.4) is 0 Å². The molecule has 2 N–H and O–H groups in total. The Hall–Kier alpha value is -5.48. The predicted octanol–water partition coefficient (Wildman–Crippen LogP) is 18.0. The molecule has 6 aromatic carbocycles. The van der Waals surface area contributed by atoms with Gasteiger partial charge in [-0.2, -0.15) is 0 Å². The molecule has 0 fully saturated rings. The van der Waals surface area contributed by atoms with Crippen molar-refractivity contribution in [1.29, 1.82) is 0 Å². The number of aryl methyl sites for hydroxylation is 2. The van der Waals surface area contributed by atoms with Crippen LogP contribution in [0.4, 0.5) is 0 Å². The average Bonchev–Trinajstić information content (AvgIpc) is 3.22. The molecular weight excluding hydrogens is 845 g/mol. The standard InChI is InChI=1S/C65H84O4/c1-40-28-50(42-32-46(62(9,10)11)36-47(33-42)63(12,13)14)58(66)54(30-40)52-38-44(60(3,4)5)22-24-56(52)68-26-21-27-69-57-25-23-45(61(6,7)8)39-53(57)55-31-41(2)29-51(59(55)67)43-34-48(64(15,16)17)37-49(35-43)65(18,19)20/h22-25,28-39,66-67H,21,26-27H2,1-20H3. The topological polar surface area (TPSA) is 58.9 Å². The quantitative estimate of drug-likeness (QED) is 0.134. The SMILES string of the molecule is Cc1cc(-c2cc(C(C)(C)C)cc(C(C)(C)C)c2)c(O)c(-c2cc(C(C)(C)C)ccc2OCCCOc2ccc(C(C)(C)C)cc2-c2cc(C)cc(-c3cc(C(C)(C)C)cc(C(C)(C)C)c3)c2O)c1. The van der Waals surface area contributed by atoms with Crippen LogP contribution in [-0.2, 0) is 32.5 Å². The van der Waals surface area contributed by atoms with Crippen LogP contribution < -0.4 is 9.47 Å². The summed E-state index contributed by atoms with van der Waals surface area (Å²) in [4.78, 5) is 0. The van der Waals surface area contributed by atoms with Gasteiger partial charge >= 0.3 is 0 Å². The molecule has 0 radical (unpaired) electrons. The zero-order valence-corrected chi connectivity index (χ0v) is 46.1. The molecule has 0 saturated carbocycles. The van der Waals surface area contributed by atoms with Gasteiger partial charge in [-0.3, -0.25) is 0 Å². The van der Waals surface area contributed by atoms with Crippen molar-refractivity contribution in [3.05, 3.63) is 142 Å². The summed E-state index contributed by atoms with van der Waals surface area (Å²) in [6.07, 6.45) is 0.612. The molecule has 0 heterocycles. The number of rotatable bonds is 10. The van der Waals surface area contributed by atoms with E-state index in [9.17, 15) is 10.2 Å². The molecule has 4 nitrogen and oxygen atoms in total. The Balaban J connectivity index is 1.34. The predicted molar refractivity (Wildman–Crippen MR) is 295 cm³/mol. The largest absolute Gasteiger partial charge is 0.507 e. The number of hydrogen-bond donors (Lipinski definition) is 2. The van der Waals surface area contributed by atoms with Gasteiger partial charge in [-0.1, -0.05) is 173 Å². The molecule has 0 unspecified atom stereocenters. The Bertz CT molecular complexity index is 2570. The number of aromatic hydroxyl groups is 2. The molecule has 368 valence electrons. The average molecular weight is 929 g/mol. The molecule has 69 heavy (non-hydrogen) atoms. The summed E-state index contributed by atoms with van der Waals surface area (Å²) in [5.41, 5.74) is 15.8. The summed E-state index contributed by atoms with van der Waals surface area (Å²) in [7, 11) is 0. The van der Waals surface area contributed by atoms with E-state index in [2.05, 4.69) is 236 Å². The van der Waals surface area contributed by atoms with Crippen LogP contribution in [0.15, 0.2) is 97.1 Å². The summed E-state index contributed by atoms with van der Waals surface area (Å²) in [5, 5.41) is 24.7. The molecule has 6 aromatic rings. The Kier molecular flexibility index (Phi) is 14.6. The first-order valence-corrected chi connectivity index (χ1v) is 25.2. The molecule has 6 rings (SSSR count). The molecule has 0 spiro atoms. The molecule has 0 aliphatic heterocycles. The summed E-state index contributed by atoms with van der Waals surface area (Å²) >= 11 is 0. The fourth-order valence-corrected chi connectivity index (χ4v) is 8.80. The third kappa shape index (κ3) is 12.3. The van der Waals surface area contributed by atoms with E-state index in [0.717, 1.165) is 66.8 Å². The highest BCUT2D eigenvalue weighted by atomic mass is 16.5. The third-order valence-corrected chi connectivity index (χ3v) is 13.5. The fourth-order valence-electron chi connectivity index (χ4n) is 8.80. The minimum absolute atomic E-state index is 0.0662. The maximum atomic E-state index is 12.4. The van der Waals surface area contributed by atoms with Crippen molar-refractivity contribution < 1.29 is 19.7 Å². The highest BCUT2D eigenvalue weighted by Gasteiger charge is 2.27. The molecule has 0 aliphatic rings. The first kappa shape index (κ1) is 52.9. The Morgan fingerprint density at radius 2 is 0.594 bits per heavy atom. The van der Waals surface area contributed by atoms with E-state index in [0.29, 0.717) is 31.1 Å². The highest BCUT2D eigenvalue weighted by molar-refractivity contribution is 5.87. The number of hydrogen-bond acceptors (Lipinski definition) is 4. The summed E-state index contributed by atoms with van der Waals surface area (Å²) in [6.45, 7) is 45.2. The minimum atomic E-state index is -0.120. The van der Waals surface area contributed by atoms with Crippen LogP contribution in [0.2, 0.25) is 0 Å². The van der Waals surface area contributed by atoms with E-state index < -0.39 is 0 Å². The van der Waals surface area contributed by atoms with Gasteiger partial charge in [0.25, 0.3) is 0 Å². The fraction of sp³-hybridized carbons (Fsp3) is 0.446. The third-order valence-electron chi connectivity index (χ3n) is 13.5. The normalized spacial score (nSPS) is 12.9. The van der Waals surface area contributed by atoms with E-state index in [-0.39, 0.29) is 44.0 Å². The van der Waals surface area contributed by atoms with Crippen LogP contribution in [0.5, 0.6) is 23.0 Å². The van der Waals surface area contributed by atoms with Crippen molar-refractivity contribution in [2.45, 2.75) is 177 Å². The summed E-state index contributed by atoms with van der Waals surface area (Å²) < 4.78 is 13.4. The molecular formula is C65H84O4. The van der Waals surface area contributed by atoms with Gasteiger partial charge in [-0.15, -0.1) is 0 Å². The van der Waals surface area contributed by atoms with E-state index in [1.54, 1.807) is 0 Å². The number of benzene rings is 6. The Morgan fingerprint density at radius 3 is 0.870 bits per heavy atom. The minimum Gasteiger partial charge on any atom is -0.507 e. The maximum absolute atomic E-state index is 12.4. The second-order valence-corrected chi connectivity index (χ2v) is 26.0. The smallest absolute Gasteiger partial charge is 0.131 e. The van der Waals surface area contributed by atoms with Gasteiger partial charge in [0.15, 0.2) is 0 Å². The number of phenols is 2. The Labute approximate surface area is 417 Å². The van der Waals surface area contributed by atoms with Crippen LogP contribution in [0, 0.1) is 13.8 Å². The van der Waals surface area contributed by atoms with Gasteiger partial charge in [-0.25, -0.2) is 0 Å². The molecule has 0 aliphatic carbocycles. The van der Waals surface area contributed by atoms with E-state index >= 15 is 0 Å². The van der Waals surface area contributed by atoms with E-state index in [1.807, 2.05) is 0 Å².